The van der Waals surface area contributed by atoms with Crippen molar-refractivity contribution in [3.05, 3.63) is 42.0 Å². The molecule has 7 nitrogen and oxygen atoms in total. The van der Waals surface area contributed by atoms with Gasteiger partial charge in [-0.15, -0.1) is 10.2 Å². The molecule has 0 saturated carbocycles. The van der Waals surface area contributed by atoms with E-state index in [2.05, 4.69) is 42.6 Å². The fraction of sp³-hybridized carbons (Fsp3) is 0.267. The Bertz CT molecular complexity index is 836. The Morgan fingerprint density at radius 1 is 1.21 bits per heavy atom. The molecule has 0 fully saturated rings. The van der Waals surface area contributed by atoms with Crippen LogP contribution in [0.2, 0.25) is 0 Å². The van der Waals surface area contributed by atoms with Crippen molar-refractivity contribution in [1.82, 2.24) is 19.1 Å². The highest BCUT2D eigenvalue weighted by Gasteiger charge is 2.06. The third kappa shape index (κ3) is 3.98. The molecule has 0 atom stereocenters. The van der Waals surface area contributed by atoms with Crippen LogP contribution in [-0.2, 0) is 0 Å². The Balaban J connectivity index is 1.77. The number of nitrogens with one attached hydrogen (secondary N) is 1. The van der Waals surface area contributed by atoms with Crippen molar-refractivity contribution in [1.29, 1.82) is 0 Å². The molecule has 24 heavy (non-hydrogen) atoms. The van der Waals surface area contributed by atoms with E-state index in [1.54, 1.807) is 4.68 Å². The van der Waals surface area contributed by atoms with E-state index >= 15 is 0 Å². The van der Waals surface area contributed by atoms with Gasteiger partial charge in [-0.25, -0.2) is 9.67 Å². The fourth-order valence-electron chi connectivity index (χ4n) is 2.04. The number of azo groups is 1. The van der Waals surface area contributed by atoms with Crippen LogP contribution < -0.4 is 5.32 Å². The first-order valence-electron chi connectivity index (χ1n) is 7.39. The normalized spacial score (nSPS) is 11.3. The first kappa shape index (κ1) is 16.6. The summed E-state index contributed by atoms with van der Waals surface area (Å²) in [5.41, 5.74) is 3.53. The van der Waals surface area contributed by atoms with Crippen LogP contribution in [0.1, 0.15) is 11.5 Å². The standard InChI is InChI=1S/C15H17N7S2/c1-10-14(18-19-15-17-11(2)21-24-15)9-22(20-10)13-5-3-12(4-6-13)16-7-8-23/h3-6,9,16,23H,7-8H2,1-2H3. The second-order valence-electron chi connectivity index (χ2n) is 5.07. The van der Waals surface area contributed by atoms with E-state index in [1.807, 2.05) is 44.3 Å². The molecule has 9 heteroatoms. The number of hydrogen-bond acceptors (Lipinski definition) is 8. The van der Waals surface area contributed by atoms with Crippen LogP contribution in [0.25, 0.3) is 5.69 Å². The molecule has 0 bridgehead atoms. The fourth-order valence-corrected chi connectivity index (χ4v) is 2.65. The zero-order valence-corrected chi connectivity index (χ0v) is 15.1. The minimum absolute atomic E-state index is 0.541. The third-order valence-corrected chi connectivity index (χ3v) is 4.12. The maximum absolute atomic E-state index is 4.49. The van der Waals surface area contributed by atoms with Crippen molar-refractivity contribution >= 4 is 40.7 Å². The first-order chi connectivity index (χ1) is 11.7. The van der Waals surface area contributed by atoms with Gasteiger partial charge in [-0.2, -0.15) is 22.1 Å². The summed E-state index contributed by atoms with van der Waals surface area (Å²) in [6.45, 7) is 4.56. The molecule has 124 valence electrons. The van der Waals surface area contributed by atoms with Crippen LogP contribution in [0, 0.1) is 13.8 Å². The van der Waals surface area contributed by atoms with Gasteiger partial charge in [-0.1, -0.05) is 0 Å². The summed E-state index contributed by atoms with van der Waals surface area (Å²) in [4.78, 5) is 4.16. The monoisotopic (exact) mass is 359 g/mol. The topological polar surface area (TPSA) is 80.4 Å². The highest BCUT2D eigenvalue weighted by Crippen LogP contribution is 2.24. The van der Waals surface area contributed by atoms with Gasteiger partial charge >= 0.3 is 0 Å². The highest BCUT2D eigenvalue weighted by molar-refractivity contribution is 7.80. The van der Waals surface area contributed by atoms with E-state index in [-0.39, 0.29) is 0 Å². The molecule has 0 radical (unpaired) electrons. The van der Waals surface area contributed by atoms with Crippen LogP contribution in [0.5, 0.6) is 0 Å². The lowest BCUT2D eigenvalue weighted by Crippen LogP contribution is -2.02. The van der Waals surface area contributed by atoms with Gasteiger partial charge in [0.1, 0.15) is 11.5 Å². The minimum Gasteiger partial charge on any atom is -0.384 e. The number of hydrogen-bond donors (Lipinski definition) is 2. The van der Waals surface area contributed by atoms with Gasteiger partial charge in [-0.3, -0.25) is 0 Å². The van der Waals surface area contributed by atoms with Crippen molar-refractivity contribution in [2.24, 2.45) is 10.2 Å². The number of benzene rings is 1. The van der Waals surface area contributed by atoms with Gasteiger partial charge in [-0.05, 0) is 38.1 Å². The van der Waals surface area contributed by atoms with Gasteiger partial charge in [0.05, 0.1) is 17.6 Å². The highest BCUT2D eigenvalue weighted by atomic mass is 32.1. The number of aromatic nitrogens is 4. The van der Waals surface area contributed by atoms with Gasteiger partial charge in [0.15, 0.2) is 0 Å². The van der Waals surface area contributed by atoms with Crippen LogP contribution in [0.3, 0.4) is 0 Å². The molecule has 0 aliphatic heterocycles. The Morgan fingerprint density at radius 2 is 2.00 bits per heavy atom. The molecule has 2 aromatic heterocycles. The van der Waals surface area contributed by atoms with E-state index in [4.69, 9.17) is 0 Å². The lowest BCUT2D eigenvalue weighted by atomic mass is 10.3. The maximum atomic E-state index is 4.49. The molecular weight excluding hydrogens is 342 g/mol. The van der Waals surface area contributed by atoms with Crippen LogP contribution >= 0.6 is 24.2 Å². The predicted octanol–water partition coefficient (Wildman–Crippen LogP) is 4.10. The second-order valence-corrected chi connectivity index (χ2v) is 6.24. The van der Waals surface area contributed by atoms with Crippen molar-refractivity contribution in [2.45, 2.75) is 13.8 Å². The Kier molecular flexibility index (Phi) is 5.21. The number of nitrogens with zero attached hydrogens (tertiary/aromatic N) is 6. The molecule has 3 aromatic rings. The first-order valence-corrected chi connectivity index (χ1v) is 8.80. The van der Waals surface area contributed by atoms with E-state index < -0.39 is 0 Å². The lowest BCUT2D eigenvalue weighted by Gasteiger charge is -2.06. The van der Waals surface area contributed by atoms with Gasteiger partial charge in [0.2, 0.25) is 5.13 Å². The van der Waals surface area contributed by atoms with Crippen molar-refractivity contribution < 1.29 is 0 Å². The van der Waals surface area contributed by atoms with Crippen molar-refractivity contribution in [2.75, 3.05) is 17.6 Å². The average molecular weight is 359 g/mol. The van der Waals surface area contributed by atoms with Crippen molar-refractivity contribution in [3.8, 4) is 5.69 Å². The Labute approximate surface area is 149 Å². The molecule has 0 aliphatic carbocycles. The molecule has 0 unspecified atom stereocenters. The van der Waals surface area contributed by atoms with Crippen molar-refractivity contribution in [3.63, 3.8) is 0 Å². The number of rotatable bonds is 6. The zero-order chi connectivity index (χ0) is 16.9. The number of thiol groups is 1. The Hall–Kier alpha value is -2.26. The van der Waals surface area contributed by atoms with Gasteiger partial charge < -0.3 is 5.32 Å². The zero-order valence-electron chi connectivity index (χ0n) is 13.3. The maximum Gasteiger partial charge on any atom is 0.249 e. The second kappa shape index (κ2) is 7.54. The molecule has 0 spiro atoms. The molecular formula is C15H17N7S2. The summed E-state index contributed by atoms with van der Waals surface area (Å²) in [5.74, 6) is 1.50. The lowest BCUT2D eigenvalue weighted by molar-refractivity contribution is 0.863. The van der Waals surface area contributed by atoms with Crippen LogP contribution in [-0.4, -0.2) is 31.4 Å². The SMILES string of the molecule is Cc1nsc(N=Nc2cn(-c3ccc(NCCS)cc3)nc2C)n1. The van der Waals surface area contributed by atoms with Crippen LogP contribution in [0.15, 0.2) is 40.7 Å². The average Bonchev–Trinajstić information content (AvgIpc) is 3.17. The van der Waals surface area contributed by atoms with Gasteiger partial charge in [0, 0.05) is 29.5 Å². The van der Waals surface area contributed by atoms with E-state index in [1.165, 1.54) is 11.5 Å². The summed E-state index contributed by atoms with van der Waals surface area (Å²) in [6.07, 6.45) is 1.85. The predicted molar refractivity (Wildman–Crippen MR) is 99.5 cm³/mol. The summed E-state index contributed by atoms with van der Waals surface area (Å²) in [5, 5.41) is 16.6. The molecule has 1 aromatic carbocycles. The molecule has 1 N–H and O–H groups in total. The minimum atomic E-state index is 0.541. The summed E-state index contributed by atoms with van der Waals surface area (Å²) >= 11 is 5.41. The molecule has 0 aliphatic rings. The van der Waals surface area contributed by atoms with E-state index in [0.717, 1.165) is 29.4 Å². The Morgan fingerprint density at radius 3 is 2.67 bits per heavy atom. The molecule has 0 amide bonds. The molecule has 2 heterocycles. The molecule has 0 saturated heterocycles. The summed E-state index contributed by atoms with van der Waals surface area (Å²) in [7, 11) is 0. The van der Waals surface area contributed by atoms with Gasteiger partial charge in [0.25, 0.3) is 0 Å². The smallest absolute Gasteiger partial charge is 0.249 e. The number of anilines is 1. The number of aryl methyl sites for hydroxylation is 2. The van der Waals surface area contributed by atoms with E-state index in [9.17, 15) is 0 Å². The van der Waals surface area contributed by atoms with E-state index in [0.29, 0.717) is 16.6 Å². The summed E-state index contributed by atoms with van der Waals surface area (Å²) in [6, 6.07) is 8.03. The largest absolute Gasteiger partial charge is 0.384 e. The molecule has 3 rings (SSSR count). The summed E-state index contributed by atoms with van der Waals surface area (Å²) < 4.78 is 5.87. The van der Waals surface area contributed by atoms with Crippen LogP contribution in [0.4, 0.5) is 16.5 Å². The quantitative estimate of drug-likeness (QED) is 0.513. The third-order valence-electron chi connectivity index (χ3n) is 3.21.